The van der Waals surface area contributed by atoms with Gasteiger partial charge >= 0.3 is 5.97 Å². The van der Waals surface area contributed by atoms with Crippen LogP contribution in [-0.4, -0.2) is 40.7 Å². The summed E-state index contributed by atoms with van der Waals surface area (Å²) in [7, 11) is 0. The second-order valence-corrected chi connectivity index (χ2v) is 8.81. The molecule has 126 valence electrons. The Morgan fingerprint density at radius 1 is 1.22 bits per heavy atom. The van der Waals surface area contributed by atoms with Crippen molar-refractivity contribution in [2.24, 2.45) is 17.3 Å². The second-order valence-electron chi connectivity index (χ2n) is 8.01. The van der Waals surface area contributed by atoms with E-state index in [2.05, 4.69) is 0 Å². The van der Waals surface area contributed by atoms with E-state index in [1.165, 1.54) is 11.3 Å². The van der Waals surface area contributed by atoms with Crippen LogP contribution in [0, 0.1) is 17.3 Å². The predicted octanol–water partition coefficient (Wildman–Crippen LogP) is 2.26. The molecule has 0 aromatic carbocycles. The Labute approximate surface area is 140 Å². The van der Waals surface area contributed by atoms with Crippen LogP contribution in [0.4, 0.5) is 0 Å². The number of hydrogen-bond donors (Lipinski definition) is 0. The van der Waals surface area contributed by atoms with Crippen LogP contribution in [0.15, 0.2) is 0 Å². The molecule has 2 amide bonds. The van der Waals surface area contributed by atoms with Gasteiger partial charge in [-0.25, -0.2) is 0 Å². The van der Waals surface area contributed by atoms with E-state index in [0.29, 0.717) is 37.6 Å². The standard InChI is InChI=1S/C17H22ClNO4/c18-17-7-11-4-12(8-17)6-16(5-11,10-17)15(22)23-9-14(21)19-3-1-2-13(19)20/h11-12H,1-10H2/t11-,12-,16?,17?/m1/s1. The molecule has 2 atom stereocenters. The van der Waals surface area contributed by atoms with Crippen LogP contribution >= 0.6 is 11.6 Å². The van der Waals surface area contributed by atoms with Crippen molar-refractivity contribution in [2.75, 3.05) is 13.2 Å². The number of amides is 2. The lowest BCUT2D eigenvalue weighted by atomic mass is 9.49. The maximum Gasteiger partial charge on any atom is 0.312 e. The predicted molar refractivity (Wildman–Crippen MR) is 82.6 cm³/mol. The van der Waals surface area contributed by atoms with Crippen LogP contribution in [-0.2, 0) is 19.1 Å². The lowest BCUT2D eigenvalue weighted by molar-refractivity contribution is -0.173. The minimum absolute atomic E-state index is 0.166. The van der Waals surface area contributed by atoms with Crippen molar-refractivity contribution in [1.29, 1.82) is 0 Å². The van der Waals surface area contributed by atoms with Gasteiger partial charge in [-0.15, -0.1) is 11.6 Å². The highest BCUT2D eigenvalue weighted by atomic mass is 35.5. The lowest BCUT2D eigenvalue weighted by Gasteiger charge is -2.58. The van der Waals surface area contributed by atoms with Gasteiger partial charge in [0.2, 0.25) is 5.91 Å². The van der Waals surface area contributed by atoms with Crippen LogP contribution in [0.25, 0.3) is 0 Å². The molecule has 0 N–H and O–H groups in total. The van der Waals surface area contributed by atoms with Gasteiger partial charge in [-0.3, -0.25) is 19.3 Å². The molecule has 1 saturated heterocycles. The fourth-order valence-electron chi connectivity index (χ4n) is 5.66. The number of ether oxygens (including phenoxy) is 1. The SMILES string of the molecule is O=C1CCCN1C(=O)COC(=O)C12C[C@H]3C[C@@H](CC(Cl)(C3)C1)C2. The van der Waals surface area contributed by atoms with Gasteiger partial charge < -0.3 is 4.74 Å². The number of hydrogen-bond acceptors (Lipinski definition) is 4. The molecule has 0 aromatic heterocycles. The molecule has 0 aromatic rings. The number of imide groups is 1. The van der Waals surface area contributed by atoms with Gasteiger partial charge in [0.25, 0.3) is 5.91 Å². The summed E-state index contributed by atoms with van der Waals surface area (Å²) >= 11 is 6.72. The van der Waals surface area contributed by atoms with Crippen molar-refractivity contribution in [1.82, 2.24) is 4.90 Å². The Morgan fingerprint density at radius 3 is 2.48 bits per heavy atom. The van der Waals surface area contributed by atoms with Gasteiger partial charge in [0.05, 0.1) is 5.41 Å². The van der Waals surface area contributed by atoms with Crippen molar-refractivity contribution < 1.29 is 19.1 Å². The van der Waals surface area contributed by atoms with E-state index in [1.807, 2.05) is 0 Å². The van der Waals surface area contributed by atoms with E-state index in [1.54, 1.807) is 0 Å². The van der Waals surface area contributed by atoms with Crippen molar-refractivity contribution in [3.05, 3.63) is 0 Å². The summed E-state index contributed by atoms with van der Waals surface area (Å²) in [5, 5.41) is 0. The topological polar surface area (TPSA) is 63.7 Å². The molecule has 23 heavy (non-hydrogen) atoms. The van der Waals surface area contributed by atoms with E-state index in [-0.39, 0.29) is 23.4 Å². The van der Waals surface area contributed by atoms with E-state index in [4.69, 9.17) is 16.3 Å². The van der Waals surface area contributed by atoms with E-state index in [0.717, 1.165) is 25.7 Å². The summed E-state index contributed by atoms with van der Waals surface area (Å²) in [5.74, 6) is 0.178. The minimum atomic E-state index is -0.499. The van der Waals surface area contributed by atoms with Gasteiger partial charge in [0, 0.05) is 17.8 Å². The van der Waals surface area contributed by atoms with Crippen molar-refractivity contribution in [3.8, 4) is 0 Å². The number of nitrogens with zero attached hydrogens (tertiary/aromatic N) is 1. The first-order valence-electron chi connectivity index (χ1n) is 8.59. The number of likely N-dealkylation sites (tertiary alicyclic amines) is 1. The molecule has 6 heteroatoms. The first kappa shape index (κ1) is 15.4. The third-order valence-electron chi connectivity index (χ3n) is 6.12. The van der Waals surface area contributed by atoms with Crippen LogP contribution in [0.1, 0.15) is 51.4 Å². The normalized spacial score (nSPS) is 41.4. The number of carbonyl (C=O) groups is 3. The summed E-state index contributed by atoms with van der Waals surface area (Å²) in [6.45, 7) is 0.117. The number of carbonyl (C=O) groups excluding carboxylic acids is 3. The summed E-state index contributed by atoms with van der Waals surface area (Å²) in [4.78, 5) is 37.3. The molecule has 0 radical (unpaired) electrons. The molecule has 4 aliphatic carbocycles. The quantitative estimate of drug-likeness (QED) is 0.584. The van der Waals surface area contributed by atoms with Crippen molar-refractivity contribution in [3.63, 3.8) is 0 Å². The van der Waals surface area contributed by atoms with Gasteiger partial charge in [0.1, 0.15) is 0 Å². The third kappa shape index (κ3) is 2.57. The molecular weight excluding hydrogens is 318 g/mol. The smallest absolute Gasteiger partial charge is 0.312 e. The highest BCUT2D eigenvalue weighted by molar-refractivity contribution is 6.24. The number of halogens is 1. The fraction of sp³-hybridized carbons (Fsp3) is 0.824. The maximum absolute atomic E-state index is 12.7. The number of alkyl halides is 1. The Kier molecular flexibility index (Phi) is 3.49. The molecule has 0 spiro atoms. The molecular formula is C17H22ClNO4. The molecule has 1 aliphatic heterocycles. The van der Waals surface area contributed by atoms with Crippen LogP contribution in [0.5, 0.6) is 0 Å². The Balaban J connectivity index is 1.41. The van der Waals surface area contributed by atoms with Crippen LogP contribution < -0.4 is 0 Å². The minimum Gasteiger partial charge on any atom is -0.455 e. The number of esters is 1. The summed E-state index contributed by atoms with van der Waals surface area (Å²) in [6, 6.07) is 0. The highest BCUT2D eigenvalue weighted by Gasteiger charge is 2.60. The largest absolute Gasteiger partial charge is 0.455 e. The van der Waals surface area contributed by atoms with Crippen LogP contribution in [0.3, 0.4) is 0 Å². The Hall–Kier alpha value is -1.10. The van der Waals surface area contributed by atoms with Crippen molar-refractivity contribution >= 4 is 29.4 Å². The zero-order valence-electron chi connectivity index (χ0n) is 13.2. The zero-order chi connectivity index (χ0) is 16.2. The summed E-state index contributed by atoms with van der Waals surface area (Å²) in [6.07, 6.45) is 6.63. The third-order valence-corrected chi connectivity index (χ3v) is 6.57. The summed E-state index contributed by atoms with van der Waals surface area (Å²) < 4.78 is 5.35. The molecule has 0 unspecified atom stereocenters. The first-order chi connectivity index (χ1) is 10.9. The molecule has 4 saturated carbocycles. The van der Waals surface area contributed by atoms with E-state index >= 15 is 0 Å². The molecule has 5 fully saturated rings. The maximum atomic E-state index is 12.7. The Bertz CT molecular complexity index is 561. The van der Waals surface area contributed by atoms with Gasteiger partial charge in [0.15, 0.2) is 6.61 Å². The molecule has 5 rings (SSSR count). The average molecular weight is 340 g/mol. The highest BCUT2D eigenvalue weighted by Crippen LogP contribution is 2.64. The van der Waals surface area contributed by atoms with Gasteiger partial charge in [-0.2, -0.15) is 0 Å². The second kappa shape index (κ2) is 5.20. The van der Waals surface area contributed by atoms with E-state index < -0.39 is 11.3 Å². The zero-order valence-corrected chi connectivity index (χ0v) is 13.9. The van der Waals surface area contributed by atoms with Crippen LogP contribution in [0.2, 0.25) is 0 Å². The molecule has 1 heterocycles. The van der Waals surface area contributed by atoms with Gasteiger partial charge in [-0.1, -0.05) is 0 Å². The van der Waals surface area contributed by atoms with Gasteiger partial charge in [-0.05, 0) is 56.8 Å². The van der Waals surface area contributed by atoms with E-state index in [9.17, 15) is 14.4 Å². The molecule has 5 aliphatic rings. The molecule has 4 bridgehead atoms. The van der Waals surface area contributed by atoms with Crippen molar-refractivity contribution in [2.45, 2.75) is 56.2 Å². The first-order valence-corrected chi connectivity index (χ1v) is 8.96. The fourth-order valence-corrected chi connectivity index (χ4v) is 6.35. The number of rotatable bonds is 3. The lowest BCUT2D eigenvalue weighted by Crippen LogP contribution is -2.56. The summed E-state index contributed by atoms with van der Waals surface area (Å²) in [5.41, 5.74) is -0.499. The average Bonchev–Trinajstić information content (AvgIpc) is 2.88. The molecule has 5 nitrogen and oxygen atoms in total. The monoisotopic (exact) mass is 339 g/mol. The Morgan fingerprint density at radius 2 is 1.91 bits per heavy atom.